The van der Waals surface area contributed by atoms with Crippen LogP contribution < -0.4 is 0 Å². The zero-order valence-corrected chi connectivity index (χ0v) is 15.1. The van der Waals surface area contributed by atoms with Gasteiger partial charge in [-0.25, -0.2) is 4.98 Å². The van der Waals surface area contributed by atoms with Crippen LogP contribution in [0.4, 0.5) is 5.69 Å². The topological polar surface area (TPSA) is 79.8 Å². The Kier molecular flexibility index (Phi) is 5.03. The number of nitro groups is 1. The molecule has 0 amide bonds. The summed E-state index contributed by atoms with van der Waals surface area (Å²) < 4.78 is 0.963. The van der Waals surface area contributed by atoms with E-state index in [1.807, 2.05) is 24.3 Å². The molecule has 122 valence electrons. The molecule has 5 nitrogen and oxygen atoms in total. The lowest BCUT2D eigenvalue weighted by molar-refractivity contribution is -0.384. The summed E-state index contributed by atoms with van der Waals surface area (Å²) in [5.74, 6) is 0. The third kappa shape index (κ3) is 3.99. The van der Waals surface area contributed by atoms with E-state index in [-0.39, 0.29) is 5.69 Å². The number of nitriles is 1. The number of allylic oxidation sites excluding steroid dienone is 1. The molecule has 0 saturated heterocycles. The molecule has 0 bridgehead atoms. The van der Waals surface area contributed by atoms with Gasteiger partial charge in [-0.05, 0) is 23.8 Å². The van der Waals surface area contributed by atoms with E-state index in [0.717, 1.165) is 10.0 Å². The van der Waals surface area contributed by atoms with Gasteiger partial charge < -0.3 is 0 Å². The van der Waals surface area contributed by atoms with E-state index in [9.17, 15) is 15.4 Å². The van der Waals surface area contributed by atoms with Crippen LogP contribution in [-0.4, -0.2) is 9.91 Å². The van der Waals surface area contributed by atoms with Gasteiger partial charge in [0.05, 0.1) is 16.2 Å². The predicted molar refractivity (Wildman–Crippen MR) is 102 cm³/mol. The van der Waals surface area contributed by atoms with Crippen molar-refractivity contribution >= 4 is 44.6 Å². The maximum atomic E-state index is 10.9. The van der Waals surface area contributed by atoms with Gasteiger partial charge in [0.2, 0.25) is 0 Å². The van der Waals surface area contributed by atoms with E-state index >= 15 is 0 Å². The first kappa shape index (κ1) is 17.0. The molecule has 1 aromatic heterocycles. The number of aromatic nitrogens is 1. The Balaban J connectivity index is 1.94. The highest BCUT2D eigenvalue weighted by atomic mass is 79.9. The zero-order valence-electron chi connectivity index (χ0n) is 12.7. The molecule has 0 unspecified atom stereocenters. The molecule has 0 spiro atoms. The lowest BCUT2D eigenvalue weighted by Crippen LogP contribution is -1.88. The third-order valence-electron chi connectivity index (χ3n) is 3.39. The van der Waals surface area contributed by atoms with Crippen LogP contribution in [0, 0.1) is 21.4 Å². The SMILES string of the molecule is N#CC(=Cc1ccc(Br)cc1)c1nc(-c2cccc([N+](=O)[O-])c2)cs1. The van der Waals surface area contributed by atoms with Crippen LogP contribution in [-0.2, 0) is 0 Å². The molecular formula is C18H10BrN3O2S. The van der Waals surface area contributed by atoms with Gasteiger partial charge >= 0.3 is 0 Å². The fourth-order valence-corrected chi connectivity index (χ4v) is 3.24. The van der Waals surface area contributed by atoms with Crippen molar-refractivity contribution in [2.24, 2.45) is 0 Å². The Bertz CT molecular complexity index is 1000. The van der Waals surface area contributed by atoms with E-state index in [1.54, 1.807) is 23.6 Å². The molecule has 1 heterocycles. The number of hydrogen-bond donors (Lipinski definition) is 0. The highest BCUT2D eigenvalue weighted by Crippen LogP contribution is 2.29. The highest BCUT2D eigenvalue weighted by Gasteiger charge is 2.12. The van der Waals surface area contributed by atoms with Gasteiger partial charge in [-0.3, -0.25) is 10.1 Å². The number of hydrogen-bond acceptors (Lipinski definition) is 5. The number of rotatable bonds is 4. The van der Waals surface area contributed by atoms with Crippen LogP contribution in [0.15, 0.2) is 58.4 Å². The van der Waals surface area contributed by atoms with Crippen molar-refractivity contribution in [3.8, 4) is 17.3 Å². The molecular weight excluding hydrogens is 402 g/mol. The summed E-state index contributed by atoms with van der Waals surface area (Å²) in [7, 11) is 0. The van der Waals surface area contributed by atoms with Crippen molar-refractivity contribution in [2.75, 3.05) is 0 Å². The highest BCUT2D eigenvalue weighted by molar-refractivity contribution is 9.10. The minimum absolute atomic E-state index is 0.0120. The fraction of sp³-hybridized carbons (Fsp3) is 0. The van der Waals surface area contributed by atoms with Crippen LogP contribution in [0.3, 0.4) is 0 Å². The average molecular weight is 412 g/mol. The number of benzene rings is 2. The summed E-state index contributed by atoms with van der Waals surface area (Å²) in [6.45, 7) is 0. The van der Waals surface area contributed by atoms with E-state index in [2.05, 4.69) is 27.0 Å². The predicted octanol–water partition coefficient (Wildman–Crippen LogP) is 5.54. The molecule has 25 heavy (non-hydrogen) atoms. The first-order valence-electron chi connectivity index (χ1n) is 7.15. The summed E-state index contributed by atoms with van der Waals surface area (Å²) in [4.78, 5) is 14.9. The number of non-ortho nitro benzene ring substituents is 1. The number of thiazole rings is 1. The van der Waals surface area contributed by atoms with Crippen LogP contribution in [0.1, 0.15) is 10.6 Å². The Morgan fingerprint density at radius 2 is 2.04 bits per heavy atom. The summed E-state index contributed by atoms with van der Waals surface area (Å²) in [6, 6.07) is 16.1. The van der Waals surface area contributed by atoms with E-state index < -0.39 is 4.92 Å². The maximum absolute atomic E-state index is 10.9. The molecule has 0 aliphatic rings. The Morgan fingerprint density at radius 3 is 2.72 bits per heavy atom. The quantitative estimate of drug-likeness (QED) is 0.320. The van der Waals surface area contributed by atoms with E-state index in [1.165, 1.54) is 23.5 Å². The van der Waals surface area contributed by atoms with E-state index in [0.29, 0.717) is 21.8 Å². The maximum Gasteiger partial charge on any atom is 0.270 e. The Labute approximate surface area is 156 Å². The number of nitrogens with zero attached hydrogens (tertiary/aromatic N) is 3. The minimum atomic E-state index is -0.440. The molecule has 0 fully saturated rings. The van der Waals surface area contributed by atoms with Crippen LogP contribution in [0.2, 0.25) is 0 Å². The molecule has 0 radical (unpaired) electrons. The fourth-order valence-electron chi connectivity index (χ4n) is 2.18. The smallest absolute Gasteiger partial charge is 0.258 e. The summed E-state index contributed by atoms with van der Waals surface area (Å²) >= 11 is 4.71. The second-order valence-electron chi connectivity index (χ2n) is 5.07. The normalized spacial score (nSPS) is 11.1. The van der Waals surface area contributed by atoms with Crippen molar-refractivity contribution in [3.63, 3.8) is 0 Å². The van der Waals surface area contributed by atoms with E-state index in [4.69, 9.17) is 0 Å². The molecule has 0 atom stereocenters. The zero-order chi connectivity index (χ0) is 17.8. The van der Waals surface area contributed by atoms with Crippen molar-refractivity contribution < 1.29 is 4.92 Å². The van der Waals surface area contributed by atoms with Gasteiger partial charge in [-0.2, -0.15) is 5.26 Å². The second kappa shape index (κ2) is 7.38. The van der Waals surface area contributed by atoms with Crippen LogP contribution in [0.5, 0.6) is 0 Å². The molecule has 0 N–H and O–H groups in total. The second-order valence-corrected chi connectivity index (χ2v) is 6.84. The lowest BCUT2D eigenvalue weighted by Gasteiger charge is -1.98. The van der Waals surface area contributed by atoms with Crippen molar-refractivity contribution in [2.45, 2.75) is 0 Å². The number of nitro benzene ring substituents is 1. The standard InChI is InChI=1S/C18H10BrN3O2S/c19-15-6-4-12(5-7-15)8-14(10-20)18-21-17(11-25-18)13-2-1-3-16(9-13)22(23)24/h1-9,11H. The molecule has 0 aliphatic heterocycles. The molecule has 3 aromatic rings. The van der Waals surface area contributed by atoms with Gasteiger partial charge in [-0.1, -0.05) is 40.2 Å². The first-order valence-corrected chi connectivity index (χ1v) is 8.82. The van der Waals surface area contributed by atoms with Gasteiger partial charge in [0.15, 0.2) is 0 Å². The average Bonchev–Trinajstić information content (AvgIpc) is 3.11. The van der Waals surface area contributed by atoms with Gasteiger partial charge in [-0.15, -0.1) is 11.3 Å². The summed E-state index contributed by atoms with van der Waals surface area (Å²) in [5, 5.41) is 22.7. The van der Waals surface area contributed by atoms with Crippen molar-refractivity contribution in [3.05, 3.63) is 79.1 Å². The molecule has 0 saturated carbocycles. The van der Waals surface area contributed by atoms with Gasteiger partial charge in [0.1, 0.15) is 11.1 Å². The largest absolute Gasteiger partial charge is 0.270 e. The van der Waals surface area contributed by atoms with Gasteiger partial charge in [0, 0.05) is 27.5 Å². The van der Waals surface area contributed by atoms with Crippen LogP contribution >= 0.6 is 27.3 Å². The van der Waals surface area contributed by atoms with Crippen molar-refractivity contribution in [1.29, 1.82) is 5.26 Å². The molecule has 2 aromatic carbocycles. The Hall–Kier alpha value is -2.82. The summed E-state index contributed by atoms with van der Waals surface area (Å²) in [6.07, 6.45) is 1.77. The number of halogens is 1. The van der Waals surface area contributed by atoms with Crippen molar-refractivity contribution in [1.82, 2.24) is 4.98 Å². The lowest BCUT2D eigenvalue weighted by atomic mass is 10.1. The molecule has 7 heteroatoms. The first-order chi connectivity index (χ1) is 12.1. The summed E-state index contributed by atoms with van der Waals surface area (Å²) in [5.41, 5.74) is 2.62. The van der Waals surface area contributed by atoms with Gasteiger partial charge in [0.25, 0.3) is 5.69 Å². The minimum Gasteiger partial charge on any atom is -0.258 e. The van der Waals surface area contributed by atoms with Crippen LogP contribution in [0.25, 0.3) is 22.9 Å². The molecule has 3 rings (SSSR count). The monoisotopic (exact) mass is 411 g/mol. The Morgan fingerprint density at radius 1 is 1.28 bits per heavy atom. The third-order valence-corrected chi connectivity index (χ3v) is 4.79. The molecule has 0 aliphatic carbocycles.